The van der Waals surface area contributed by atoms with E-state index in [0.29, 0.717) is 12.1 Å². The number of rotatable bonds is 8. The summed E-state index contributed by atoms with van der Waals surface area (Å²) in [6, 6.07) is 22.3. The average Bonchev–Trinajstić information content (AvgIpc) is 2.58. The van der Waals surface area contributed by atoms with Crippen molar-refractivity contribution in [1.29, 1.82) is 0 Å². The molecule has 132 valence electrons. The van der Waals surface area contributed by atoms with E-state index in [2.05, 4.69) is 99.0 Å². The maximum absolute atomic E-state index is 3.39. The Morgan fingerprint density at radius 3 is 1.25 bits per heavy atom. The Balaban J connectivity index is 0.000000240. The lowest BCUT2D eigenvalue weighted by molar-refractivity contribution is 0.565. The van der Waals surface area contributed by atoms with Crippen LogP contribution in [0.25, 0.3) is 0 Å². The first-order valence-corrected chi connectivity index (χ1v) is 9.20. The zero-order chi connectivity index (χ0) is 17.6. The van der Waals surface area contributed by atoms with Gasteiger partial charge in [-0.3, -0.25) is 0 Å². The molecule has 2 rings (SSSR count). The van der Waals surface area contributed by atoms with Crippen LogP contribution in [0.5, 0.6) is 0 Å². The van der Waals surface area contributed by atoms with Crippen molar-refractivity contribution in [3.63, 3.8) is 0 Å². The first kappa shape index (κ1) is 20.4. The third kappa shape index (κ3) is 9.49. The van der Waals surface area contributed by atoms with E-state index in [9.17, 15) is 0 Å². The molecule has 0 spiro atoms. The quantitative estimate of drug-likeness (QED) is 0.748. The van der Waals surface area contributed by atoms with Crippen molar-refractivity contribution in [1.82, 2.24) is 10.6 Å². The van der Waals surface area contributed by atoms with Crippen LogP contribution in [0.15, 0.2) is 60.7 Å². The van der Waals surface area contributed by atoms with Gasteiger partial charge in [0.25, 0.3) is 0 Å². The van der Waals surface area contributed by atoms with Gasteiger partial charge in [0.05, 0.1) is 0 Å². The van der Waals surface area contributed by atoms with Crippen LogP contribution in [-0.2, 0) is 12.8 Å². The molecule has 2 nitrogen and oxygen atoms in total. The number of nitrogens with one attached hydrogen (secondary N) is 2. The molecule has 2 atom stereocenters. The molecule has 0 saturated carbocycles. The summed E-state index contributed by atoms with van der Waals surface area (Å²) in [7, 11) is 0. The van der Waals surface area contributed by atoms with Gasteiger partial charge in [-0.15, -0.1) is 0 Å². The lowest BCUT2D eigenvalue weighted by Crippen LogP contribution is -2.27. The standard InChI is InChI=1S/2C11H17N/c2*1-3-12-10(2)9-11-7-5-4-6-8-11/h2*4-8,10,12H,3,9H2,1-2H3. The van der Waals surface area contributed by atoms with Gasteiger partial charge in [-0.2, -0.15) is 0 Å². The lowest BCUT2D eigenvalue weighted by Gasteiger charge is -2.11. The van der Waals surface area contributed by atoms with Crippen molar-refractivity contribution in [3.05, 3.63) is 71.8 Å². The molecule has 0 aliphatic rings. The van der Waals surface area contributed by atoms with Crippen LogP contribution in [-0.4, -0.2) is 25.2 Å². The Labute approximate surface area is 148 Å². The van der Waals surface area contributed by atoms with Crippen LogP contribution in [0.4, 0.5) is 0 Å². The van der Waals surface area contributed by atoms with Crippen LogP contribution in [0.1, 0.15) is 38.8 Å². The van der Waals surface area contributed by atoms with Crippen molar-refractivity contribution in [3.8, 4) is 0 Å². The van der Waals surface area contributed by atoms with Crippen LogP contribution >= 0.6 is 0 Å². The highest BCUT2D eigenvalue weighted by Crippen LogP contribution is 2.02. The minimum Gasteiger partial charge on any atom is -0.314 e. The minimum absolute atomic E-state index is 0.581. The molecule has 0 fully saturated rings. The summed E-state index contributed by atoms with van der Waals surface area (Å²) in [5.74, 6) is 0. The number of hydrogen-bond acceptors (Lipinski definition) is 2. The zero-order valence-corrected chi connectivity index (χ0v) is 15.8. The molecule has 2 unspecified atom stereocenters. The van der Waals surface area contributed by atoms with Gasteiger partial charge in [-0.25, -0.2) is 0 Å². The van der Waals surface area contributed by atoms with E-state index >= 15 is 0 Å². The summed E-state index contributed by atoms with van der Waals surface area (Å²) in [5.41, 5.74) is 2.82. The van der Waals surface area contributed by atoms with Gasteiger partial charge in [0, 0.05) is 12.1 Å². The zero-order valence-electron chi connectivity index (χ0n) is 15.8. The van der Waals surface area contributed by atoms with Crippen molar-refractivity contribution < 1.29 is 0 Å². The highest BCUT2D eigenvalue weighted by molar-refractivity contribution is 5.16. The SMILES string of the molecule is CCNC(C)Cc1ccccc1.CCNC(C)Cc1ccccc1. The molecule has 2 N–H and O–H groups in total. The molecule has 2 aromatic rings. The summed E-state index contributed by atoms with van der Waals surface area (Å²) in [4.78, 5) is 0. The maximum atomic E-state index is 3.39. The van der Waals surface area contributed by atoms with Crippen LogP contribution in [0.2, 0.25) is 0 Å². The van der Waals surface area contributed by atoms with Gasteiger partial charge >= 0.3 is 0 Å². The number of likely N-dealkylation sites (N-methyl/N-ethyl adjacent to an activating group) is 2. The molecule has 24 heavy (non-hydrogen) atoms. The van der Waals surface area contributed by atoms with Gasteiger partial charge in [-0.1, -0.05) is 74.5 Å². The van der Waals surface area contributed by atoms with Gasteiger partial charge in [0.2, 0.25) is 0 Å². The Morgan fingerprint density at radius 2 is 0.958 bits per heavy atom. The van der Waals surface area contributed by atoms with E-state index in [4.69, 9.17) is 0 Å². The second-order valence-corrected chi connectivity index (χ2v) is 6.30. The van der Waals surface area contributed by atoms with E-state index in [1.807, 2.05) is 0 Å². The number of hydrogen-bond donors (Lipinski definition) is 2. The second-order valence-electron chi connectivity index (χ2n) is 6.30. The van der Waals surface area contributed by atoms with Crippen LogP contribution in [0.3, 0.4) is 0 Å². The van der Waals surface area contributed by atoms with E-state index in [1.54, 1.807) is 0 Å². The monoisotopic (exact) mass is 326 g/mol. The summed E-state index contributed by atoms with van der Waals surface area (Å²) < 4.78 is 0. The molecule has 2 aromatic carbocycles. The Morgan fingerprint density at radius 1 is 0.625 bits per heavy atom. The van der Waals surface area contributed by atoms with Gasteiger partial charge in [-0.05, 0) is 50.9 Å². The lowest BCUT2D eigenvalue weighted by atomic mass is 10.1. The average molecular weight is 327 g/mol. The first-order chi connectivity index (χ1) is 11.7. The maximum Gasteiger partial charge on any atom is 0.00790 e. The summed E-state index contributed by atoms with van der Waals surface area (Å²) >= 11 is 0. The third-order valence-corrected chi connectivity index (χ3v) is 3.87. The highest BCUT2D eigenvalue weighted by atomic mass is 14.9. The predicted molar refractivity (Wildman–Crippen MR) is 107 cm³/mol. The fourth-order valence-electron chi connectivity index (χ4n) is 2.78. The summed E-state index contributed by atoms with van der Waals surface area (Å²) in [6.07, 6.45) is 2.24. The van der Waals surface area contributed by atoms with E-state index < -0.39 is 0 Å². The molecule has 0 radical (unpaired) electrons. The minimum atomic E-state index is 0.581. The molecule has 0 saturated heterocycles. The van der Waals surface area contributed by atoms with Crippen molar-refractivity contribution in [2.24, 2.45) is 0 Å². The van der Waals surface area contributed by atoms with Crippen molar-refractivity contribution in [2.75, 3.05) is 13.1 Å². The molecule has 0 aliphatic heterocycles. The van der Waals surface area contributed by atoms with Gasteiger partial charge in [0.15, 0.2) is 0 Å². The molecule has 0 amide bonds. The van der Waals surface area contributed by atoms with Crippen molar-refractivity contribution >= 4 is 0 Å². The predicted octanol–water partition coefficient (Wildman–Crippen LogP) is 4.45. The Kier molecular flexibility index (Phi) is 10.8. The third-order valence-electron chi connectivity index (χ3n) is 3.87. The number of benzene rings is 2. The van der Waals surface area contributed by atoms with E-state index in [0.717, 1.165) is 25.9 Å². The van der Waals surface area contributed by atoms with E-state index in [1.165, 1.54) is 11.1 Å². The summed E-state index contributed by atoms with van der Waals surface area (Å²) in [6.45, 7) is 10.8. The molecule has 0 bridgehead atoms. The van der Waals surface area contributed by atoms with Crippen LogP contribution < -0.4 is 10.6 Å². The van der Waals surface area contributed by atoms with Crippen LogP contribution in [0, 0.1) is 0 Å². The fraction of sp³-hybridized carbons (Fsp3) is 0.455. The molecule has 0 aromatic heterocycles. The normalized spacial score (nSPS) is 12.8. The molecule has 0 heterocycles. The Bertz CT molecular complexity index is 461. The molecular formula is C22H34N2. The second kappa shape index (κ2) is 12.7. The first-order valence-electron chi connectivity index (χ1n) is 9.20. The topological polar surface area (TPSA) is 24.1 Å². The molecular weight excluding hydrogens is 292 g/mol. The fourth-order valence-corrected chi connectivity index (χ4v) is 2.78. The highest BCUT2D eigenvalue weighted by Gasteiger charge is 2.00. The van der Waals surface area contributed by atoms with Crippen molar-refractivity contribution in [2.45, 2.75) is 52.6 Å². The largest absolute Gasteiger partial charge is 0.314 e. The van der Waals surface area contributed by atoms with E-state index in [-0.39, 0.29) is 0 Å². The molecule has 0 aliphatic carbocycles. The Hall–Kier alpha value is -1.64. The van der Waals surface area contributed by atoms with Gasteiger partial charge < -0.3 is 10.6 Å². The smallest absolute Gasteiger partial charge is 0.00790 e. The van der Waals surface area contributed by atoms with Gasteiger partial charge in [0.1, 0.15) is 0 Å². The molecule has 2 heteroatoms. The summed E-state index contributed by atoms with van der Waals surface area (Å²) in [5, 5.41) is 6.79.